The van der Waals surface area contributed by atoms with Gasteiger partial charge in [-0.15, -0.1) is 0 Å². The van der Waals surface area contributed by atoms with E-state index in [0.717, 1.165) is 18.7 Å². The predicted molar refractivity (Wildman–Crippen MR) is 107 cm³/mol. The molecule has 26 heavy (non-hydrogen) atoms. The molecule has 0 spiro atoms. The summed E-state index contributed by atoms with van der Waals surface area (Å²) in [5, 5.41) is 0.521. The van der Waals surface area contributed by atoms with Crippen molar-refractivity contribution < 1.29 is 4.79 Å². The van der Waals surface area contributed by atoms with Gasteiger partial charge in [0.25, 0.3) is 0 Å². The Kier molecular flexibility index (Phi) is 4.77. The highest BCUT2D eigenvalue weighted by Gasteiger charge is 2.29. The molecule has 1 aliphatic rings. The Morgan fingerprint density at radius 1 is 0.923 bits per heavy atom. The summed E-state index contributed by atoms with van der Waals surface area (Å²) >= 11 is 6.26. The third kappa shape index (κ3) is 3.25. The molecule has 3 heteroatoms. The monoisotopic (exact) mass is 361 g/mol. The van der Waals surface area contributed by atoms with Crippen LogP contribution in [0.4, 0.5) is 5.69 Å². The average molecular weight is 362 g/mol. The molecule has 130 valence electrons. The number of carbonyl (C=O) groups excluding carboxylic acids is 1. The molecule has 1 unspecified atom stereocenters. The van der Waals surface area contributed by atoms with Gasteiger partial charge in [-0.05, 0) is 41.8 Å². The van der Waals surface area contributed by atoms with Crippen LogP contribution >= 0.6 is 11.6 Å². The molecule has 0 fully saturated rings. The summed E-state index contributed by atoms with van der Waals surface area (Å²) < 4.78 is 0. The Hall–Kier alpha value is -2.58. The van der Waals surface area contributed by atoms with E-state index < -0.39 is 0 Å². The van der Waals surface area contributed by atoms with Gasteiger partial charge in [0.2, 0.25) is 0 Å². The molecule has 0 radical (unpaired) electrons. The molecule has 1 heterocycles. The molecule has 0 bridgehead atoms. The minimum Gasteiger partial charge on any atom is -0.364 e. The molecule has 2 nitrogen and oxygen atoms in total. The van der Waals surface area contributed by atoms with Crippen LogP contribution in [-0.2, 0) is 6.42 Å². The summed E-state index contributed by atoms with van der Waals surface area (Å²) in [6.45, 7) is 0.904. The van der Waals surface area contributed by atoms with Crippen molar-refractivity contribution >= 4 is 23.1 Å². The quantitative estimate of drug-likeness (QED) is 0.554. The first-order valence-corrected chi connectivity index (χ1v) is 9.29. The van der Waals surface area contributed by atoms with Crippen LogP contribution in [0.3, 0.4) is 0 Å². The average Bonchev–Trinajstić information content (AvgIpc) is 2.69. The Morgan fingerprint density at radius 3 is 2.42 bits per heavy atom. The topological polar surface area (TPSA) is 20.3 Å². The van der Waals surface area contributed by atoms with Crippen molar-refractivity contribution in [3.05, 3.63) is 101 Å². The molecule has 0 N–H and O–H groups in total. The van der Waals surface area contributed by atoms with E-state index in [9.17, 15) is 4.79 Å². The zero-order valence-corrected chi connectivity index (χ0v) is 15.2. The van der Waals surface area contributed by atoms with E-state index in [1.165, 1.54) is 11.1 Å². The third-order valence-corrected chi connectivity index (χ3v) is 5.38. The first-order chi connectivity index (χ1) is 12.7. The van der Waals surface area contributed by atoms with Crippen molar-refractivity contribution in [1.82, 2.24) is 0 Å². The van der Waals surface area contributed by atoms with Gasteiger partial charge >= 0.3 is 0 Å². The molecule has 0 amide bonds. The molecule has 0 saturated heterocycles. The van der Waals surface area contributed by atoms with Gasteiger partial charge in [-0.3, -0.25) is 4.79 Å². The van der Waals surface area contributed by atoms with Gasteiger partial charge in [0.15, 0.2) is 5.78 Å². The summed E-state index contributed by atoms with van der Waals surface area (Å²) in [4.78, 5) is 15.4. The fraction of sp³-hybridized carbons (Fsp3) is 0.174. The van der Waals surface area contributed by atoms with Crippen LogP contribution < -0.4 is 4.90 Å². The summed E-state index contributed by atoms with van der Waals surface area (Å²) in [6, 6.07) is 26.1. The highest BCUT2D eigenvalue weighted by atomic mass is 35.5. The maximum Gasteiger partial charge on any atom is 0.166 e. The SMILES string of the molecule is O=C(CC1c2ccccc2CCN1c1ccccc1)c1ccccc1Cl. The molecule has 0 aromatic heterocycles. The van der Waals surface area contributed by atoms with Crippen LogP contribution in [0.1, 0.15) is 33.9 Å². The molecule has 0 saturated carbocycles. The molecule has 0 aliphatic carbocycles. The van der Waals surface area contributed by atoms with E-state index in [1.54, 1.807) is 6.07 Å². The molecule has 3 aromatic carbocycles. The lowest BCUT2D eigenvalue weighted by molar-refractivity contribution is 0.0972. The Morgan fingerprint density at radius 2 is 1.62 bits per heavy atom. The number of hydrogen-bond donors (Lipinski definition) is 0. The van der Waals surface area contributed by atoms with Crippen LogP contribution in [0, 0.1) is 0 Å². The summed E-state index contributed by atoms with van der Waals surface area (Å²) in [6.07, 6.45) is 1.40. The van der Waals surface area contributed by atoms with Gasteiger partial charge < -0.3 is 4.90 Å². The lowest BCUT2D eigenvalue weighted by Gasteiger charge is -2.39. The van der Waals surface area contributed by atoms with E-state index in [4.69, 9.17) is 11.6 Å². The largest absolute Gasteiger partial charge is 0.364 e. The van der Waals surface area contributed by atoms with Crippen molar-refractivity contribution in [2.24, 2.45) is 0 Å². The summed E-state index contributed by atoms with van der Waals surface area (Å²) in [5.41, 5.74) is 4.32. The van der Waals surface area contributed by atoms with Gasteiger partial charge in [0, 0.05) is 24.2 Å². The number of Topliss-reactive ketones (excluding diaryl/α,β-unsaturated/α-hetero) is 1. The van der Waals surface area contributed by atoms with Crippen LogP contribution in [0.25, 0.3) is 0 Å². The first kappa shape index (κ1) is 16.9. The van der Waals surface area contributed by atoms with Gasteiger partial charge in [-0.1, -0.05) is 66.2 Å². The number of ketones is 1. The smallest absolute Gasteiger partial charge is 0.166 e. The Bertz CT molecular complexity index is 922. The van der Waals surface area contributed by atoms with Gasteiger partial charge in [0.05, 0.1) is 11.1 Å². The standard InChI is InChI=1S/C23H20ClNO/c24-21-13-7-6-12-20(21)23(26)16-22-19-11-5-4-8-17(19)14-15-25(22)18-9-2-1-3-10-18/h1-13,22H,14-16H2. The molecular weight excluding hydrogens is 342 g/mol. The lowest BCUT2D eigenvalue weighted by Crippen LogP contribution is -2.36. The van der Waals surface area contributed by atoms with Gasteiger partial charge in [-0.25, -0.2) is 0 Å². The second-order valence-corrected chi connectivity index (χ2v) is 7.01. The highest BCUT2D eigenvalue weighted by Crippen LogP contribution is 2.37. The zero-order valence-electron chi connectivity index (χ0n) is 14.4. The second-order valence-electron chi connectivity index (χ2n) is 6.60. The number of para-hydroxylation sites is 1. The maximum atomic E-state index is 13.0. The lowest BCUT2D eigenvalue weighted by atomic mass is 9.88. The maximum absolute atomic E-state index is 13.0. The molecule has 1 atom stereocenters. The van der Waals surface area contributed by atoms with E-state index in [2.05, 4.69) is 41.3 Å². The normalized spacial score (nSPS) is 16.2. The number of halogens is 1. The Balaban J connectivity index is 1.71. The van der Waals surface area contributed by atoms with Crippen LogP contribution in [-0.4, -0.2) is 12.3 Å². The van der Waals surface area contributed by atoms with Crippen LogP contribution in [0.5, 0.6) is 0 Å². The summed E-state index contributed by atoms with van der Waals surface area (Å²) in [7, 11) is 0. The van der Waals surface area contributed by atoms with E-state index in [1.807, 2.05) is 36.4 Å². The fourth-order valence-corrected chi connectivity index (χ4v) is 4.01. The van der Waals surface area contributed by atoms with E-state index >= 15 is 0 Å². The number of benzene rings is 3. The van der Waals surface area contributed by atoms with Crippen molar-refractivity contribution in [3.8, 4) is 0 Å². The highest BCUT2D eigenvalue weighted by molar-refractivity contribution is 6.34. The van der Waals surface area contributed by atoms with Crippen molar-refractivity contribution in [2.45, 2.75) is 18.9 Å². The van der Waals surface area contributed by atoms with Gasteiger partial charge in [-0.2, -0.15) is 0 Å². The van der Waals surface area contributed by atoms with Crippen molar-refractivity contribution in [1.29, 1.82) is 0 Å². The zero-order chi connectivity index (χ0) is 17.9. The van der Waals surface area contributed by atoms with Crippen LogP contribution in [0.2, 0.25) is 5.02 Å². The number of carbonyl (C=O) groups is 1. The fourth-order valence-electron chi connectivity index (χ4n) is 3.77. The molecule has 3 aromatic rings. The number of nitrogens with zero attached hydrogens (tertiary/aromatic N) is 1. The van der Waals surface area contributed by atoms with E-state index in [-0.39, 0.29) is 11.8 Å². The molecule has 4 rings (SSSR count). The van der Waals surface area contributed by atoms with Crippen LogP contribution in [0.15, 0.2) is 78.9 Å². The van der Waals surface area contributed by atoms with E-state index in [0.29, 0.717) is 17.0 Å². The number of fused-ring (bicyclic) bond motifs is 1. The minimum atomic E-state index is 0.0196. The minimum absolute atomic E-state index is 0.0196. The predicted octanol–water partition coefficient (Wildman–Crippen LogP) is 5.72. The number of hydrogen-bond acceptors (Lipinski definition) is 2. The van der Waals surface area contributed by atoms with Crippen molar-refractivity contribution in [2.75, 3.05) is 11.4 Å². The summed E-state index contributed by atoms with van der Waals surface area (Å²) in [5.74, 6) is 0.0817. The van der Waals surface area contributed by atoms with Crippen molar-refractivity contribution in [3.63, 3.8) is 0 Å². The van der Waals surface area contributed by atoms with Gasteiger partial charge in [0.1, 0.15) is 0 Å². The number of anilines is 1. The number of rotatable bonds is 4. The molecule has 1 aliphatic heterocycles. The third-order valence-electron chi connectivity index (χ3n) is 5.05. The first-order valence-electron chi connectivity index (χ1n) is 8.91. The second kappa shape index (κ2) is 7.35. The molecular formula is C23H20ClNO. The Labute approximate surface area is 159 Å².